The molecular weight excluding hydrogens is 188 g/mol. The fraction of sp³-hybridized carbons (Fsp3) is 0.154. The predicted octanol–water partition coefficient (Wildman–Crippen LogP) is 3.10. The molecule has 0 aliphatic heterocycles. The van der Waals surface area contributed by atoms with E-state index in [1.54, 1.807) is 12.1 Å². The summed E-state index contributed by atoms with van der Waals surface area (Å²) in [6, 6.07) is 11.3. The lowest BCUT2D eigenvalue weighted by Gasteiger charge is -2.05. The van der Waals surface area contributed by atoms with Crippen molar-refractivity contribution >= 4 is 16.7 Å². The Bertz CT molecular complexity index is 515. The zero-order valence-corrected chi connectivity index (χ0v) is 8.53. The molecule has 0 aromatic heterocycles. The summed E-state index contributed by atoms with van der Waals surface area (Å²) in [6.07, 6.45) is 0.849. The van der Waals surface area contributed by atoms with Gasteiger partial charge >= 0.3 is 5.97 Å². The largest absolute Gasteiger partial charge is 0.478 e. The Hall–Kier alpha value is -1.83. The van der Waals surface area contributed by atoms with Gasteiger partial charge in [0.15, 0.2) is 0 Å². The molecule has 0 aliphatic carbocycles. The van der Waals surface area contributed by atoms with Crippen LogP contribution in [-0.2, 0) is 6.42 Å². The quantitative estimate of drug-likeness (QED) is 0.808. The third-order valence-corrected chi connectivity index (χ3v) is 2.58. The van der Waals surface area contributed by atoms with Crippen molar-refractivity contribution in [1.82, 2.24) is 0 Å². The zero-order valence-electron chi connectivity index (χ0n) is 8.53. The predicted molar refractivity (Wildman–Crippen MR) is 60.3 cm³/mol. The number of carboxylic acids is 1. The number of hydrogen-bond acceptors (Lipinski definition) is 1. The molecule has 2 aromatic carbocycles. The van der Waals surface area contributed by atoms with Crippen LogP contribution in [0.3, 0.4) is 0 Å². The molecule has 2 nitrogen and oxygen atoms in total. The monoisotopic (exact) mass is 200 g/mol. The molecule has 15 heavy (non-hydrogen) atoms. The minimum atomic E-state index is -0.865. The maximum Gasteiger partial charge on any atom is 0.335 e. The van der Waals surface area contributed by atoms with Gasteiger partial charge < -0.3 is 5.11 Å². The Morgan fingerprint density at radius 3 is 2.67 bits per heavy atom. The summed E-state index contributed by atoms with van der Waals surface area (Å²) in [5.74, 6) is -0.865. The standard InChI is InChI=1S/C13H12O2/c1-2-9-7-11(13(14)15)8-10-5-3-4-6-12(9)10/h3-8H,2H2,1H3,(H,14,15). The van der Waals surface area contributed by atoms with E-state index in [-0.39, 0.29) is 0 Å². The Morgan fingerprint density at radius 1 is 1.27 bits per heavy atom. The fourth-order valence-corrected chi connectivity index (χ4v) is 1.81. The van der Waals surface area contributed by atoms with Gasteiger partial charge in [0.2, 0.25) is 0 Å². The summed E-state index contributed by atoms with van der Waals surface area (Å²) in [5.41, 5.74) is 1.45. The van der Waals surface area contributed by atoms with Crippen molar-refractivity contribution in [3.63, 3.8) is 0 Å². The maximum absolute atomic E-state index is 10.9. The van der Waals surface area contributed by atoms with Crippen molar-refractivity contribution in [2.75, 3.05) is 0 Å². The van der Waals surface area contributed by atoms with Crippen LogP contribution in [-0.4, -0.2) is 11.1 Å². The summed E-state index contributed by atoms with van der Waals surface area (Å²) < 4.78 is 0. The highest BCUT2D eigenvalue weighted by Crippen LogP contribution is 2.21. The SMILES string of the molecule is CCc1cc(C(=O)O)cc2ccccc12. The lowest BCUT2D eigenvalue weighted by atomic mass is 9.99. The summed E-state index contributed by atoms with van der Waals surface area (Å²) in [6.45, 7) is 2.04. The number of benzene rings is 2. The van der Waals surface area contributed by atoms with Crippen LogP contribution in [0.25, 0.3) is 10.8 Å². The smallest absolute Gasteiger partial charge is 0.335 e. The Balaban J connectivity index is 2.77. The molecule has 0 radical (unpaired) electrons. The molecule has 2 heteroatoms. The van der Waals surface area contributed by atoms with Crippen molar-refractivity contribution in [3.05, 3.63) is 47.5 Å². The molecule has 0 amide bonds. The molecule has 0 fully saturated rings. The van der Waals surface area contributed by atoms with E-state index in [0.717, 1.165) is 22.8 Å². The summed E-state index contributed by atoms with van der Waals surface area (Å²) >= 11 is 0. The Kier molecular flexibility index (Phi) is 2.42. The minimum Gasteiger partial charge on any atom is -0.478 e. The van der Waals surface area contributed by atoms with E-state index >= 15 is 0 Å². The van der Waals surface area contributed by atoms with Gasteiger partial charge in [-0.15, -0.1) is 0 Å². The zero-order chi connectivity index (χ0) is 10.8. The summed E-state index contributed by atoms with van der Waals surface area (Å²) in [4.78, 5) is 10.9. The second-order valence-electron chi connectivity index (χ2n) is 3.52. The molecule has 76 valence electrons. The van der Waals surface area contributed by atoms with Crippen LogP contribution < -0.4 is 0 Å². The first kappa shape index (κ1) is 9.71. The first-order valence-corrected chi connectivity index (χ1v) is 4.97. The summed E-state index contributed by atoms with van der Waals surface area (Å²) in [5, 5.41) is 11.1. The first-order valence-electron chi connectivity index (χ1n) is 4.97. The topological polar surface area (TPSA) is 37.3 Å². The van der Waals surface area contributed by atoms with E-state index in [1.807, 2.05) is 31.2 Å². The molecule has 0 unspecified atom stereocenters. The maximum atomic E-state index is 10.9. The number of aromatic carboxylic acids is 1. The van der Waals surface area contributed by atoms with Crippen LogP contribution >= 0.6 is 0 Å². The van der Waals surface area contributed by atoms with Crippen molar-refractivity contribution in [2.45, 2.75) is 13.3 Å². The van der Waals surface area contributed by atoms with E-state index in [4.69, 9.17) is 5.11 Å². The number of fused-ring (bicyclic) bond motifs is 1. The highest BCUT2D eigenvalue weighted by molar-refractivity contribution is 5.96. The van der Waals surface area contributed by atoms with Gasteiger partial charge in [-0.25, -0.2) is 4.79 Å². The number of carbonyl (C=O) groups is 1. The molecule has 1 N–H and O–H groups in total. The molecule has 0 atom stereocenters. The van der Waals surface area contributed by atoms with E-state index in [0.29, 0.717) is 5.56 Å². The van der Waals surface area contributed by atoms with E-state index < -0.39 is 5.97 Å². The third-order valence-electron chi connectivity index (χ3n) is 2.58. The van der Waals surface area contributed by atoms with Gasteiger partial charge in [0, 0.05) is 0 Å². The molecule has 0 saturated carbocycles. The third kappa shape index (κ3) is 1.71. The normalized spacial score (nSPS) is 10.5. The van der Waals surface area contributed by atoms with Crippen LogP contribution in [0.15, 0.2) is 36.4 Å². The molecule has 0 spiro atoms. The molecule has 2 rings (SSSR count). The molecule has 0 saturated heterocycles. The van der Waals surface area contributed by atoms with E-state index in [2.05, 4.69) is 0 Å². The van der Waals surface area contributed by atoms with Gasteiger partial charge in [-0.05, 0) is 34.9 Å². The Morgan fingerprint density at radius 2 is 2.00 bits per heavy atom. The summed E-state index contributed by atoms with van der Waals surface area (Å²) in [7, 11) is 0. The fourth-order valence-electron chi connectivity index (χ4n) is 1.81. The van der Waals surface area contributed by atoms with Gasteiger partial charge in [0.05, 0.1) is 5.56 Å². The molecule has 2 aromatic rings. The van der Waals surface area contributed by atoms with Crippen LogP contribution in [0.4, 0.5) is 0 Å². The lowest BCUT2D eigenvalue weighted by Crippen LogP contribution is -1.98. The van der Waals surface area contributed by atoms with Crippen LogP contribution in [0, 0.1) is 0 Å². The van der Waals surface area contributed by atoms with Gasteiger partial charge in [0.1, 0.15) is 0 Å². The molecule has 0 aliphatic rings. The molecule has 0 heterocycles. The second kappa shape index (κ2) is 3.73. The molecule has 0 bridgehead atoms. The Labute approximate surface area is 88.2 Å². The van der Waals surface area contributed by atoms with Gasteiger partial charge in [-0.3, -0.25) is 0 Å². The van der Waals surface area contributed by atoms with E-state index in [9.17, 15) is 4.79 Å². The van der Waals surface area contributed by atoms with Crippen molar-refractivity contribution in [1.29, 1.82) is 0 Å². The molecular formula is C13H12O2. The first-order chi connectivity index (χ1) is 7.22. The number of aryl methyl sites for hydroxylation is 1. The highest BCUT2D eigenvalue weighted by Gasteiger charge is 2.07. The van der Waals surface area contributed by atoms with Crippen molar-refractivity contribution < 1.29 is 9.90 Å². The average Bonchev–Trinajstić information content (AvgIpc) is 2.27. The van der Waals surface area contributed by atoms with Crippen molar-refractivity contribution in [3.8, 4) is 0 Å². The second-order valence-corrected chi connectivity index (χ2v) is 3.52. The number of carboxylic acid groups (broad SMARTS) is 1. The van der Waals surface area contributed by atoms with E-state index in [1.165, 1.54) is 0 Å². The van der Waals surface area contributed by atoms with Gasteiger partial charge in [-0.2, -0.15) is 0 Å². The minimum absolute atomic E-state index is 0.366. The highest BCUT2D eigenvalue weighted by atomic mass is 16.4. The average molecular weight is 200 g/mol. The number of rotatable bonds is 2. The van der Waals surface area contributed by atoms with Crippen LogP contribution in [0.1, 0.15) is 22.8 Å². The van der Waals surface area contributed by atoms with Crippen LogP contribution in [0.2, 0.25) is 0 Å². The van der Waals surface area contributed by atoms with Crippen molar-refractivity contribution in [2.24, 2.45) is 0 Å². The van der Waals surface area contributed by atoms with Crippen LogP contribution in [0.5, 0.6) is 0 Å². The van der Waals surface area contributed by atoms with Gasteiger partial charge in [0.25, 0.3) is 0 Å². The van der Waals surface area contributed by atoms with Gasteiger partial charge in [-0.1, -0.05) is 31.2 Å². The number of hydrogen-bond donors (Lipinski definition) is 1. The lowest BCUT2D eigenvalue weighted by molar-refractivity contribution is 0.0697.